The Labute approximate surface area is 180 Å². The van der Waals surface area contributed by atoms with E-state index in [0.29, 0.717) is 0 Å². The van der Waals surface area contributed by atoms with Crippen molar-refractivity contribution >= 4 is 22.5 Å². The van der Waals surface area contributed by atoms with Crippen LogP contribution < -0.4 is 0 Å². The van der Waals surface area contributed by atoms with Crippen LogP contribution in [-0.4, -0.2) is 24.0 Å². The van der Waals surface area contributed by atoms with Crippen LogP contribution in [0.1, 0.15) is 50.2 Å². The first-order valence-corrected chi connectivity index (χ1v) is 12.1. The van der Waals surface area contributed by atoms with E-state index in [0.717, 1.165) is 11.8 Å². The molecule has 1 radical (unpaired) electrons. The Hall–Kier alpha value is -1.77. The summed E-state index contributed by atoms with van der Waals surface area (Å²) in [4.78, 5) is 4.05. The number of benzene rings is 3. The molecule has 1 nitrogen and oxygen atoms in total. The molecule has 0 bridgehead atoms. The minimum absolute atomic E-state index is 0.771. The molecule has 29 heavy (non-hydrogen) atoms. The highest BCUT2D eigenvalue weighted by atomic mass is 32.2. The molecular weight excluding hydrogens is 370 g/mol. The van der Waals surface area contributed by atoms with Gasteiger partial charge in [0.25, 0.3) is 0 Å². The standard InChI is InChI=1S/C27H32NS/c1-22-11-6-8-19-28(22)20-9-7-13-23-12-2-3-15-25(23)21-29-27-18-10-16-24-14-4-5-17-26(24)27/h2-5,10,12-18,22H,6-9,11,19-21H2,1H3. The van der Waals surface area contributed by atoms with Crippen molar-refractivity contribution in [3.8, 4) is 0 Å². The van der Waals surface area contributed by atoms with Gasteiger partial charge in [-0.3, -0.25) is 0 Å². The van der Waals surface area contributed by atoms with E-state index < -0.39 is 0 Å². The van der Waals surface area contributed by atoms with Crippen molar-refractivity contribution in [3.05, 3.63) is 84.3 Å². The topological polar surface area (TPSA) is 3.24 Å². The molecule has 0 aromatic heterocycles. The Morgan fingerprint density at radius 2 is 1.79 bits per heavy atom. The highest BCUT2D eigenvalue weighted by Gasteiger charge is 2.17. The highest BCUT2D eigenvalue weighted by Crippen LogP contribution is 2.31. The molecule has 0 spiro atoms. The number of piperidine rings is 1. The van der Waals surface area contributed by atoms with Crippen LogP contribution in [0.4, 0.5) is 0 Å². The number of likely N-dealkylation sites (tertiary alicyclic amines) is 1. The molecule has 1 atom stereocenters. The summed E-state index contributed by atoms with van der Waals surface area (Å²) in [6.07, 6.45) is 9.04. The van der Waals surface area contributed by atoms with Crippen LogP contribution in [0, 0.1) is 6.42 Å². The maximum absolute atomic E-state index is 2.68. The third-order valence-corrected chi connectivity index (χ3v) is 7.26. The number of unbranched alkanes of at least 4 members (excludes halogenated alkanes) is 1. The molecule has 1 unspecified atom stereocenters. The molecule has 1 aliphatic rings. The predicted octanol–water partition coefficient (Wildman–Crippen LogP) is 7.34. The molecule has 2 heteroatoms. The van der Waals surface area contributed by atoms with E-state index in [-0.39, 0.29) is 0 Å². The van der Waals surface area contributed by atoms with Crippen LogP contribution in [0.15, 0.2) is 71.6 Å². The van der Waals surface area contributed by atoms with Crippen LogP contribution >= 0.6 is 11.8 Å². The van der Waals surface area contributed by atoms with Crippen molar-refractivity contribution in [1.82, 2.24) is 4.90 Å². The number of fused-ring (bicyclic) bond motifs is 1. The molecule has 1 saturated heterocycles. The third-order valence-electron chi connectivity index (χ3n) is 6.14. The van der Waals surface area contributed by atoms with Crippen LogP contribution in [0.5, 0.6) is 0 Å². The lowest BCUT2D eigenvalue weighted by Gasteiger charge is -2.33. The van der Waals surface area contributed by atoms with Gasteiger partial charge < -0.3 is 4.90 Å². The summed E-state index contributed by atoms with van der Waals surface area (Å²) in [6, 6.07) is 25.0. The Balaban J connectivity index is 1.33. The van der Waals surface area contributed by atoms with Gasteiger partial charge in [-0.15, -0.1) is 11.8 Å². The number of hydrogen-bond donors (Lipinski definition) is 0. The summed E-state index contributed by atoms with van der Waals surface area (Å²) in [6.45, 7) is 4.92. The van der Waals surface area contributed by atoms with Crippen molar-refractivity contribution in [2.75, 3.05) is 13.1 Å². The van der Waals surface area contributed by atoms with Crippen molar-refractivity contribution in [2.24, 2.45) is 0 Å². The van der Waals surface area contributed by atoms with Gasteiger partial charge in [0.05, 0.1) is 0 Å². The van der Waals surface area contributed by atoms with Crippen molar-refractivity contribution in [2.45, 2.75) is 55.7 Å². The summed E-state index contributed by atoms with van der Waals surface area (Å²) in [5, 5.41) is 2.68. The summed E-state index contributed by atoms with van der Waals surface area (Å²) in [5.74, 6) is 1.02. The van der Waals surface area contributed by atoms with E-state index >= 15 is 0 Å². The fourth-order valence-corrected chi connectivity index (χ4v) is 5.47. The molecule has 3 aromatic carbocycles. The van der Waals surface area contributed by atoms with Gasteiger partial charge in [-0.25, -0.2) is 0 Å². The smallest absolute Gasteiger partial charge is 0.0235 e. The first-order valence-electron chi connectivity index (χ1n) is 11.1. The molecule has 0 aliphatic carbocycles. The van der Waals surface area contributed by atoms with Crippen molar-refractivity contribution in [1.29, 1.82) is 0 Å². The second-order valence-electron chi connectivity index (χ2n) is 8.19. The minimum atomic E-state index is 0.771. The van der Waals surface area contributed by atoms with Gasteiger partial charge in [0, 0.05) is 16.7 Å². The molecule has 0 saturated carbocycles. The van der Waals surface area contributed by atoms with Gasteiger partial charge in [-0.1, -0.05) is 67.1 Å². The van der Waals surface area contributed by atoms with Gasteiger partial charge in [0.1, 0.15) is 0 Å². The van der Waals surface area contributed by atoms with Crippen LogP contribution in [-0.2, 0) is 5.75 Å². The second kappa shape index (κ2) is 10.3. The molecule has 0 amide bonds. The van der Waals surface area contributed by atoms with Crippen LogP contribution in [0.25, 0.3) is 10.8 Å². The average Bonchev–Trinajstić information content (AvgIpc) is 2.77. The number of rotatable bonds is 8. The number of hydrogen-bond acceptors (Lipinski definition) is 2. The molecule has 151 valence electrons. The Morgan fingerprint density at radius 3 is 2.72 bits per heavy atom. The highest BCUT2D eigenvalue weighted by molar-refractivity contribution is 7.98. The molecule has 1 fully saturated rings. The minimum Gasteiger partial charge on any atom is -0.301 e. The maximum atomic E-state index is 2.68. The maximum Gasteiger partial charge on any atom is 0.0235 e. The predicted molar refractivity (Wildman–Crippen MR) is 127 cm³/mol. The average molecular weight is 403 g/mol. The monoisotopic (exact) mass is 402 g/mol. The number of nitrogens with zero attached hydrogens (tertiary/aromatic N) is 1. The van der Waals surface area contributed by atoms with Gasteiger partial charge in [-0.2, -0.15) is 0 Å². The molecule has 1 heterocycles. The normalized spacial score (nSPS) is 17.6. The second-order valence-corrected chi connectivity index (χ2v) is 9.21. The van der Waals surface area contributed by atoms with Crippen molar-refractivity contribution in [3.63, 3.8) is 0 Å². The molecule has 0 N–H and O–H groups in total. The quantitative estimate of drug-likeness (QED) is 0.286. The largest absolute Gasteiger partial charge is 0.301 e. The van der Waals surface area contributed by atoms with Crippen molar-refractivity contribution < 1.29 is 0 Å². The summed E-state index contributed by atoms with van der Waals surface area (Å²) in [7, 11) is 0. The fourth-order valence-electron chi connectivity index (χ4n) is 4.38. The fraction of sp³-hybridized carbons (Fsp3) is 0.370. The SMILES string of the molecule is CC1CCCCN1CCC[CH]c1ccccc1CSc1cccc2ccccc12. The Bertz CT molecular complexity index is 914. The van der Waals surface area contributed by atoms with E-state index in [1.807, 2.05) is 11.8 Å². The molecule has 4 rings (SSSR count). The zero-order valence-electron chi connectivity index (χ0n) is 17.5. The lowest BCUT2D eigenvalue weighted by molar-refractivity contribution is 0.159. The molecular formula is C27H32NS. The number of thioether (sulfide) groups is 1. The van der Waals surface area contributed by atoms with E-state index in [1.54, 1.807) is 0 Å². The lowest BCUT2D eigenvalue weighted by Crippen LogP contribution is -2.37. The van der Waals surface area contributed by atoms with Crippen LogP contribution in [0.3, 0.4) is 0 Å². The zero-order chi connectivity index (χ0) is 19.9. The van der Waals surface area contributed by atoms with E-state index in [9.17, 15) is 0 Å². The third kappa shape index (κ3) is 5.43. The van der Waals surface area contributed by atoms with E-state index in [1.165, 1.54) is 72.0 Å². The zero-order valence-corrected chi connectivity index (χ0v) is 18.3. The summed E-state index contributed by atoms with van der Waals surface area (Å²) < 4.78 is 0. The summed E-state index contributed by atoms with van der Waals surface area (Å²) >= 11 is 1.95. The lowest BCUT2D eigenvalue weighted by atomic mass is 10.0. The van der Waals surface area contributed by atoms with E-state index in [4.69, 9.17) is 0 Å². The van der Waals surface area contributed by atoms with Crippen LogP contribution in [0.2, 0.25) is 0 Å². The molecule has 1 aliphatic heterocycles. The first kappa shape index (κ1) is 20.5. The van der Waals surface area contributed by atoms with Gasteiger partial charge >= 0.3 is 0 Å². The van der Waals surface area contributed by atoms with Gasteiger partial charge in [0.15, 0.2) is 0 Å². The summed E-state index contributed by atoms with van der Waals surface area (Å²) in [5.41, 5.74) is 2.85. The first-order chi connectivity index (χ1) is 14.3. The molecule has 3 aromatic rings. The van der Waals surface area contributed by atoms with Gasteiger partial charge in [-0.05, 0) is 80.1 Å². The Morgan fingerprint density at radius 1 is 0.966 bits per heavy atom. The van der Waals surface area contributed by atoms with Gasteiger partial charge in [0.2, 0.25) is 0 Å². The Kier molecular flexibility index (Phi) is 7.29. The van der Waals surface area contributed by atoms with E-state index in [2.05, 4.69) is 85.0 Å².